The molecule has 1 saturated heterocycles. The molecule has 0 bridgehead atoms. The number of rotatable bonds is 6. The van der Waals surface area contributed by atoms with Crippen molar-refractivity contribution in [2.45, 2.75) is 30.5 Å². The van der Waals surface area contributed by atoms with Crippen molar-refractivity contribution in [1.29, 1.82) is 0 Å². The summed E-state index contributed by atoms with van der Waals surface area (Å²) in [5, 5.41) is 5.43. The van der Waals surface area contributed by atoms with Gasteiger partial charge in [-0.1, -0.05) is 12.5 Å². The second kappa shape index (κ2) is 8.31. The lowest BCUT2D eigenvalue weighted by Crippen LogP contribution is -2.35. The minimum absolute atomic E-state index is 0.0910. The smallest absolute Gasteiger partial charge is 0.395 e. The van der Waals surface area contributed by atoms with Crippen LogP contribution in [0.2, 0.25) is 0 Å². The Morgan fingerprint density at radius 1 is 1.00 bits per heavy atom. The summed E-state index contributed by atoms with van der Waals surface area (Å²) in [6, 6.07) is 10.2. The predicted octanol–water partition coefficient (Wildman–Crippen LogP) is 3.23. The average molecular weight is 453 g/mol. The van der Waals surface area contributed by atoms with Gasteiger partial charge in [0.15, 0.2) is 11.5 Å². The number of piperidine rings is 1. The number of carbonyl (C=O) groups excluding carboxylic acids is 1. The van der Waals surface area contributed by atoms with Gasteiger partial charge in [0.05, 0.1) is 11.4 Å². The Labute approximate surface area is 178 Å². The van der Waals surface area contributed by atoms with Crippen LogP contribution in [0.15, 0.2) is 47.4 Å². The second-order valence-corrected chi connectivity index (χ2v) is 9.16. The van der Waals surface area contributed by atoms with Gasteiger partial charge in [0.25, 0.3) is 0 Å². The third-order valence-corrected chi connectivity index (χ3v) is 6.82. The van der Waals surface area contributed by atoms with Crippen LogP contribution in [0.4, 0.5) is 20.2 Å². The normalized spacial score (nSPS) is 17.9. The van der Waals surface area contributed by atoms with E-state index in [1.807, 2.05) is 0 Å². The van der Waals surface area contributed by atoms with Crippen molar-refractivity contribution in [2.24, 2.45) is 0 Å². The van der Waals surface area contributed by atoms with E-state index in [2.05, 4.69) is 20.1 Å². The molecule has 4 rings (SSSR count). The van der Waals surface area contributed by atoms with Crippen LogP contribution in [0.5, 0.6) is 11.5 Å². The number of fused-ring (bicyclic) bond motifs is 1. The van der Waals surface area contributed by atoms with Crippen molar-refractivity contribution in [3.8, 4) is 11.5 Å². The van der Waals surface area contributed by atoms with Crippen LogP contribution < -0.4 is 20.1 Å². The van der Waals surface area contributed by atoms with Crippen LogP contribution in [0.1, 0.15) is 19.3 Å². The number of ether oxygens (including phenoxy) is 2. The van der Waals surface area contributed by atoms with Crippen LogP contribution in [0.3, 0.4) is 0 Å². The van der Waals surface area contributed by atoms with E-state index in [9.17, 15) is 22.0 Å². The van der Waals surface area contributed by atoms with E-state index in [1.165, 1.54) is 34.6 Å². The Morgan fingerprint density at radius 2 is 1.74 bits per heavy atom. The number of anilines is 2. The van der Waals surface area contributed by atoms with E-state index in [0.29, 0.717) is 24.5 Å². The molecule has 8 nitrogen and oxygen atoms in total. The first kappa shape index (κ1) is 21.3. The molecule has 2 aromatic carbocycles. The lowest BCUT2D eigenvalue weighted by atomic mass is 10.2. The molecular weight excluding hydrogens is 432 g/mol. The molecule has 0 aliphatic carbocycles. The molecule has 1 fully saturated rings. The molecule has 0 radical (unpaired) electrons. The highest BCUT2D eigenvalue weighted by Crippen LogP contribution is 2.42. The summed E-state index contributed by atoms with van der Waals surface area (Å²) in [5.74, 6) is -0.659. The average Bonchev–Trinajstić information content (AvgIpc) is 3.06. The molecule has 2 aliphatic heterocycles. The van der Waals surface area contributed by atoms with Crippen molar-refractivity contribution in [1.82, 2.24) is 4.31 Å². The lowest BCUT2D eigenvalue weighted by Gasteiger charge is -2.26. The summed E-state index contributed by atoms with van der Waals surface area (Å²) in [6.07, 6.45) is -1.03. The fourth-order valence-corrected chi connectivity index (χ4v) is 5.00. The van der Waals surface area contributed by atoms with Gasteiger partial charge in [-0.05, 0) is 43.2 Å². The third kappa shape index (κ3) is 4.88. The Bertz CT molecular complexity index is 1090. The molecule has 0 spiro atoms. The highest BCUT2D eigenvalue weighted by atomic mass is 32.2. The molecule has 2 aromatic rings. The van der Waals surface area contributed by atoms with Crippen molar-refractivity contribution in [2.75, 3.05) is 30.3 Å². The number of hydrogen-bond donors (Lipinski definition) is 2. The summed E-state index contributed by atoms with van der Waals surface area (Å²) in [5.41, 5.74) is 0.729. The molecule has 2 heterocycles. The minimum atomic E-state index is -3.71. The highest BCUT2D eigenvalue weighted by molar-refractivity contribution is 7.89. The number of hydrogen-bond acceptors (Lipinski definition) is 6. The third-order valence-electron chi connectivity index (χ3n) is 4.92. The maximum Gasteiger partial charge on any atom is 0.586 e. The van der Waals surface area contributed by atoms with Gasteiger partial charge in [-0.15, -0.1) is 8.78 Å². The highest BCUT2D eigenvalue weighted by Gasteiger charge is 2.43. The number of nitrogens with zero attached hydrogens (tertiary/aromatic N) is 1. The fourth-order valence-electron chi connectivity index (χ4n) is 3.44. The number of carbonyl (C=O) groups is 1. The van der Waals surface area contributed by atoms with E-state index >= 15 is 0 Å². The molecule has 0 aromatic heterocycles. The van der Waals surface area contributed by atoms with Gasteiger partial charge in [0, 0.05) is 30.5 Å². The van der Waals surface area contributed by atoms with Gasteiger partial charge in [-0.2, -0.15) is 4.31 Å². The fraction of sp³-hybridized carbons (Fsp3) is 0.350. The molecule has 1 amide bonds. The van der Waals surface area contributed by atoms with Crippen LogP contribution in [0, 0.1) is 0 Å². The number of nitrogens with one attached hydrogen (secondary N) is 2. The van der Waals surface area contributed by atoms with Gasteiger partial charge >= 0.3 is 6.29 Å². The Morgan fingerprint density at radius 3 is 2.52 bits per heavy atom. The first-order valence-corrected chi connectivity index (χ1v) is 11.2. The van der Waals surface area contributed by atoms with E-state index < -0.39 is 22.2 Å². The van der Waals surface area contributed by atoms with Crippen molar-refractivity contribution in [3.05, 3.63) is 42.5 Å². The van der Waals surface area contributed by atoms with Crippen molar-refractivity contribution in [3.63, 3.8) is 0 Å². The lowest BCUT2D eigenvalue weighted by molar-refractivity contribution is -0.286. The standard InChI is InChI=1S/C20H21F2N3O5S/c21-20(22)29-17-8-7-14(12-18(17)30-20)23-13-19(26)24-15-5-4-6-16(11-15)31(27,28)25-9-2-1-3-10-25/h4-8,11-12,23H,1-3,9-10,13H2,(H,24,26). The van der Waals surface area contributed by atoms with Crippen LogP contribution in [0.25, 0.3) is 0 Å². The summed E-state index contributed by atoms with van der Waals surface area (Å²) < 4.78 is 61.9. The zero-order chi connectivity index (χ0) is 22.1. The summed E-state index contributed by atoms with van der Waals surface area (Å²) in [6.45, 7) is 0.813. The maximum atomic E-state index is 13.1. The number of benzene rings is 2. The maximum absolute atomic E-state index is 13.1. The first-order valence-electron chi connectivity index (χ1n) is 9.77. The zero-order valence-corrected chi connectivity index (χ0v) is 17.3. The molecule has 2 N–H and O–H groups in total. The summed E-state index contributed by atoms with van der Waals surface area (Å²) in [7, 11) is -3.61. The quantitative estimate of drug-likeness (QED) is 0.697. The number of alkyl halides is 2. The Kier molecular flexibility index (Phi) is 5.71. The van der Waals surface area contributed by atoms with Gasteiger partial charge in [0.2, 0.25) is 15.9 Å². The van der Waals surface area contributed by atoms with Crippen molar-refractivity contribution >= 4 is 27.3 Å². The molecular formula is C20H21F2N3O5S. The van der Waals surface area contributed by atoms with Crippen molar-refractivity contribution < 1.29 is 31.5 Å². The van der Waals surface area contributed by atoms with Crippen LogP contribution >= 0.6 is 0 Å². The molecule has 166 valence electrons. The van der Waals surface area contributed by atoms with E-state index in [0.717, 1.165) is 19.3 Å². The number of sulfonamides is 1. The van der Waals surface area contributed by atoms with E-state index in [1.54, 1.807) is 12.1 Å². The minimum Gasteiger partial charge on any atom is -0.395 e. The Hall–Kier alpha value is -2.92. The molecule has 0 atom stereocenters. The van der Waals surface area contributed by atoms with Gasteiger partial charge < -0.3 is 20.1 Å². The van der Waals surface area contributed by atoms with Gasteiger partial charge in [0.1, 0.15) is 0 Å². The van der Waals surface area contributed by atoms with Crippen LogP contribution in [-0.2, 0) is 14.8 Å². The number of halogens is 2. The Balaban J connectivity index is 1.37. The van der Waals surface area contributed by atoms with E-state index in [4.69, 9.17) is 0 Å². The summed E-state index contributed by atoms with van der Waals surface area (Å²) in [4.78, 5) is 12.4. The molecule has 0 saturated carbocycles. The largest absolute Gasteiger partial charge is 0.586 e. The first-order chi connectivity index (χ1) is 14.7. The number of amides is 1. The van der Waals surface area contributed by atoms with Gasteiger partial charge in [-0.3, -0.25) is 4.79 Å². The molecule has 0 unspecified atom stereocenters. The van der Waals surface area contributed by atoms with Gasteiger partial charge in [-0.25, -0.2) is 8.42 Å². The topological polar surface area (TPSA) is 97.0 Å². The van der Waals surface area contributed by atoms with E-state index in [-0.39, 0.29) is 22.9 Å². The molecule has 2 aliphatic rings. The molecule has 31 heavy (non-hydrogen) atoms. The van der Waals surface area contributed by atoms with Crippen LogP contribution in [-0.4, -0.2) is 44.6 Å². The molecule has 11 heteroatoms. The SMILES string of the molecule is O=C(CNc1ccc2c(c1)OC(F)(F)O2)Nc1cccc(S(=O)(=O)N2CCCCC2)c1. The zero-order valence-electron chi connectivity index (χ0n) is 16.4. The predicted molar refractivity (Wildman–Crippen MR) is 109 cm³/mol. The summed E-state index contributed by atoms with van der Waals surface area (Å²) >= 11 is 0. The monoisotopic (exact) mass is 453 g/mol. The second-order valence-electron chi connectivity index (χ2n) is 7.22.